The van der Waals surface area contributed by atoms with Crippen LogP contribution in [0.2, 0.25) is 0 Å². The molecule has 2 unspecified atom stereocenters. The van der Waals surface area contributed by atoms with Crippen LogP contribution in [0.1, 0.15) is 40.0 Å². The number of ether oxygens (including phenoxy) is 1. The van der Waals surface area contributed by atoms with E-state index in [1.165, 1.54) is 7.11 Å². The van der Waals surface area contributed by atoms with Crippen molar-refractivity contribution in [2.45, 2.75) is 40.0 Å². The first-order chi connectivity index (χ1) is 6.58. The fraction of sp³-hybridized carbons (Fsp3) is 0.818. The molecule has 0 aromatic rings. The summed E-state index contributed by atoms with van der Waals surface area (Å²) in [7, 11) is 1.34. The Labute approximate surface area is 86.1 Å². The predicted molar refractivity (Wildman–Crippen MR) is 54.4 cm³/mol. The molecule has 0 N–H and O–H groups in total. The van der Waals surface area contributed by atoms with Crippen molar-refractivity contribution in [3.05, 3.63) is 0 Å². The highest BCUT2D eigenvalue weighted by Crippen LogP contribution is 2.35. The Morgan fingerprint density at radius 2 is 2.14 bits per heavy atom. The van der Waals surface area contributed by atoms with Gasteiger partial charge in [-0.3, -0.25) is 4.79 Å². The van der Waals surface area contributed by atoms with E-state index in [-0.39, 0.29) is 5.92 Å². The maximum atomic E-state index is 11.6. The Balaban J connectivity index is 4.89. The average Bonchev–Trinajstić information content (AvgIpc) is 2.20. The normalized spacial score (nSPS) is 16.5. The molecule has 3 nitrogen and oxygen atoms in total. The topological polar surface area (TPSA) is 50.1 Å². The third-order valence-electron chi connectivity index (χ3n) is 2.87. The molecule has 0 spiro atoms. The Morgan fingerprint density at radius 3 is 2.43 bits per heavy atom. The van der Waals surface area contributed by atoms with E-state index in [0.717, 1.165) is 12.8 Å². The van der Waals surface area contributed by atoms with Crippen LogP contribution in [-0.4, -0.2) is 13.1 Å². The van der Waals surface area contributed by atoms with Crippen LogP contribution in [0.3, 0.4) is 0 Å². The highest BCUT2D eigenvalue weighted by Gasteiger charge is 2.43. The quantitative estimate of drug-likeness (QED) is 0.636. The maximum absolute atomic E-state index is 11.6. The Bertz CT molecular complexity index is 232. The standard InChI is InChI=1S/C11H19NO2/c1-5-7-9(3)11(6-2,8-12)10(13)14-4/h9H,5-7H2,1-4H3. The molecule has 0 heterocycles. The van der Waals surface area contributed by atoms with Crippen molar-refractivity contribution in [2.75, 3.05) is 7.11 Å². The molecule has 0 aromatic heterocycles. The summed E-state index contributed by atoms with van der Waals surface area (Å²) in [6.07, 6.45) is 2.36. The zero-order valence-corrected chi connectivity index (χ0v) is 9.46. The number of rotatable bonds is 5. The fourth-order valence-corrected chi connectivity index (χ4v) is 1.79. The second-order valence-electron chi connectivity index (χ2n) is 3.62. The van der Waals surface area contributed by atoms with Crippen LogP contribution < -0.4 is 0 Å². The van der Waals surface area contributed by atoms with Gasteiger partial charge in [0.05, 0.1) is 13.2 Å². The van der Waals surface area contributed by atoms with Crippen LogP contribution in [-0.2, 0) is 9.53 Å². The molecule has 0 radical (unpaired) electrons. The molecule has 0 saturated heterocycles. The summed E-state index contributed by atoms with van der Waals surface area (Å²) in [5.41, 5.74) is -0.954. The molecule has 0 aliphatic rings. The third-order valence-corrected chi connectivity index (χ3v) is 2.87. The molecular formula is C11H19NO2. The number of esters is 1. The minimum Gasteiger partial charge on any atom is -0.468 e. The van der Waals surface area contributed by atoms with Gasteiger partial charge in [-0.1, -0.05) is 27.2 Å². The summed E-state index contributed by atoms with van der Waals surface area (Å²) < 4.78 is 4.70. The minimum absolute atomic E-state index is 0.0509. The predicted octanol–water partition coefficient (Wildman–Crippen LogP) is 2.52. The zero-order chi connectivity index (χ0) is 11.2. The lowest BCUT2D eigenvalue weighted by Crippen LogP contribution is -2.36. The molecule has 0 aromatic carbocycles. The molecule has 80 valence electrons. The molecule has 0 amide bonds. The number of methoxy groups -OCH3 is 1. The van der Waals surface area contributed by atoms with Crippen LogP contribution in [0, 0.1) is 22.7 Å². The molecule has 2 atom stereocenters. The average molecular weight is 197 g/mol. The van der Waals surface area contributed by atoms with Gasteiger partial charge in [-0.2, -0.15) is 5.26 Å². The van der Waals surface area contributed by atoms with Crippen LogP contribution in [0.25, 0.3) is 0 Å². The number of hydrogen-bond donors (Lipinski definition) is 0. The maximum Gasteiger partial charge on any atom is 0.326 e. The molecule has 0 rings (SSSR count). The first-order valence-corrected chi connectivity index (χ1v) is 5.08. The van der Waals surface area contributed by atoms with Gasteiger partial charge in [0, 0.05) is 0 Å². The number of nitriles is 1. The van der Waals surface area contributed by atoms with E-state index in [0.29, 0.717) is 6.42 Å². The van der Waals surface area contributed by atoms with Gasteiger partial charge in [0.2, 0.25) is 0 Å². The van der Waals surface area contributed by atoms with Crippen molar-refractivity contribution in [3.63, 3.8) is 0 Å². The molecule has 0 aliphatic heterocycles. The van der Waals surface area contributed by atoms with Gasteiger partial charge in [0.1, 0.15) is 0 Å². The second kappa shape index (κ2) is 5.64. The molecule has 0 aliphatic carbocycles. The van der Waals surface area contributed by atoms with E-state index in [9.17, 15) is 4.79 Å². The Hall–Kier alpha value is -1.04. The SMILES string of the molecule is CCCC(C)C(C#N)(CC)C(=O)OC. The number of carbonyl (C=O) groups excluding carboxylic acids is 1. The van der Waals surface area contributed by atoms with Gasteiger partial charge in [0.25, 0.3) is 0 Å². The summed E-state index contributed by atoms with van der Waals surface area (Å²) in [5.74, 6) is -0.349. The van der Waals surface area contributed by atoms with Crippen molar-refractivity contribution < 1.29 is 9.53 Å². The van der Waals surface area contributed by atoms with E-state index < -0.39 is 11.4 Å². The van der Waals surface area contributed by atoms with Crippen molar-refractivity contribution >= 4 is 5.97 Å². The monoisotopic (exact) mass is 197 g/mol. The fourth-order valence-electron chi connectivity index (χ4n) is 1.79. The highest BCUT2D eigenvalue weighted by molar-refractivity contribution is 5.80. The smallest absolute Gasteiger partial charge is 0.326 e. The summed E-state index contributed by atoms with van der Waals surface area (Å²) in [6.45, 7) is 5.84. The molecule has 0 bridgehead atoms. The van der Waals surface area contributed by atoms with E-state index in [1.54, 1.807) is 0 Å². The lowest BCUT2D eigenvalue weighted by atomic mass is 9.73. The molecular weight excluding hydrogens is 178 g/mol. The van der Waals surface area contributed by atoms with Gasteiger partial charge in [-0.15, -0.1) is 0 Å². The van der Waals surface area contributed by atoms with Gasteiger partial charge < -0.3 is 4.74 Å². The highest BCUT2D eigenvalue weighted by atomic mass is 16.5. The second-order valence-corrected chi connectivity index (χ2v) is 3.62. The summed E-state index contributed by atoms with van der Waals surface area (Å²) in [6, 6.07) is 2.13. The summed E-state index contributed by atoms with van der Waals surface area (Å²) in [4.78, 5) is 11.6. The Kier molecular flexibility index (Phi) is 5.22. The number of carbonyl (C=O) groups is 1. The summed E-state index contributed by atoms with van der Waals surface area (Å²) in [5, 5.41) is 9.12. The zero-order valence-electron chi connectivity index (χ0n) is 9.46. The van der Waals surface area contributed by atoms with Crippen molar-refractivity contribution in [2.24, 2.45) is 11.3 Å². The van der Waals surface area contributed by atoms with E-state index >= 15 is 0 Å². The van der Waals surface area contributed by atoms with E-state index in [1.807, 2.05) is 20.8 Å². The summed E-state index contributed by atoms with van der Waals surface area (Å²) >= 11 is 0. The van der Waals surface area contributed by atoms with Crippen molar-refractivity contribution in [1.29, 1.82) is 5.26 Å². The van der Waals surface area contributed by atoms with Gasteiger partial charge in [-0.25, -0.2) is 0 Å². The van der Waals surface area contributed by atoms with Crippen LogP contribution in [0.15, 0.2) is 0 Å². The van der Waals surface area contributed by atoms with Crippen LogP contribution >= 0.6 is 0 Å². The molecule has 0 fully saturated rings. The van der Waals surface area contributed by atoms with E-state index in [2.05, 4.69) is 6.07 Å². The lowest BCUT2D eigenvalue weighted by molar-refractivity contribution is -0.152. The first-order valence-electron chi connectivity index (χ1n) is 5.08. The van der Waals surface area contributed by atoms with Crippen LogP contribution in [0.5, 0.6) is 0 Å². The largest absolute Gasteiger partial charge is 0.468 e. The molecule has 3 heteroatoms. The van der Waals surface area contributed by atoms with Crippen molar-refractivity contribution in [3.8, 4) is 6.07 Å². The third kappa shape index (κ3) is 2.25. The number of nitrogens with zero attached hydrogens (tertiary/aromatic N) is 1. The lowest BCUT2D eigenvalue weighted by Gasteiger charge is -2.28. The van der Waals surface area contributed by atoms with Gasteiger partial charge >= 0.3 is 5.97 Å². The molecule has 14 heavy (non-hydrogen) atoms. The van der Waals surface area contributed by atoms with Crippen molar-refractivity contribution in [1.82, 2.24) is 0 Å². The first kappa shape index (κ1) is 13.0. The van der Waals surface area contributed by atoms with Crippen LogP contribution in [0.4, 0.5) is 0 Å². The number of hydrogen-bond acceptors (Lipinski definition) is 3. The molecule has 0 saturated carbocycles. The minimum atomic E-state index is -0.954. The van der Waals surface area contributed by atoms with Gasteiger partial charge in [0.15, 0.2) is 5.41 Å². The Morgan fingerprint density at radius 1 is 1.57 bits per heavy atom. The van der Waals surface area contributed by atoms with E-state index in [4.69, 9.17) is 10.00 Å². The van der Waals surface area contributed by atoms with Gasteiger partial charge in [-0.05, 0) is 18.8 Å².